The van der Waals surface area contributed by atoms with Crippen LogP contribution in [0.2, 0.25) is 0 Å². The van der Waals surface area contributed by atoms with Gasteiger partial charge in [0, 0.05) is 6.42 Å². The molecule has 0 amide bonds. The van der Waals surface area contributed by atoms with Crippen LogP contribution in [-0.4, -0.2) is 25.5 Å². The van der Waals surface area contributed by atoms with Crippen molar-refractivity contribution < 1.29 is 42.3 Å². The fourth-order valence-electron chi connectivity index (χ4n) is 5.44. The number of rotatable bonds is 6. The second kappa shape index (κ2) is 17.4. The number of hydrogen-bond acceptors (Lipinski definition) is 2. The Morgan fingerprint density at radius 1 is 0.771 bits per heavy atom. The van der Waals surface area contributed by atoms with Crippen molar-refractivity contribution in [1.82, 2.24) is 0 Å². The molecule has 0 bridgehead atoms. The van der Waals surface area contributed by atoms with Crippen LogP contribution < -0.4 is 27.2 Å². The van der Waals surface area contributed by atoms with Gasteiger partial charge in [-0.2, -0.15) is 0 Å². The Kier molecular flexibility index (Phi) is 16.0. The summed E-state index contributed by atoms with van der Waals surface area (Å²) >= 11 is 0. The third kappa shape index (κ3) is 8.51. The molecule has 2 nitrogen and oxygen atoms in total. The molecule has 0 aliphatic heterocycles. The van der Waals surface area contributed by atoms with Crippen molar-refractivity contribution in [2.24, 2.45) is 0 Å². The molecule has 0 heterocycles. The number of halogens is 1. The van der Waals surface area contributed by atoms with Gasteiger partial charge in [0.05, 0.1) is 19.8 Å². The number of benzene rings is 2. The molecule has 4 rings (SSSR count). The largest absolute Gasteiger partial charge is 2.00 e. The number of methoxy groups -OCH3 is 2. The molecule has 0 unspecified atom stereocenters. The Morgan fingerprint density at radius 3 is 1.66 bits per heavy atom. The van der Waals surface area contributed by atoms with E-state index in [1.54, 1.807) is 26.4 Å². The molecular weight excluding hydrogens is 565 g/mol. The van der Waals surface area contributed by atoms with Gasteiger partial charge in [0.15, 0.2) is 0 Å². The van der Waals surface area contributed by atoms with Crippen LogP contribution >= 0.6 is 7.92 Å². The zero-order chi connectivity index (χ0) is 23.5. The minimum absolute atomic E-state index is 0. The minimum Gasteiger partial charge on any atom is -1.00 e. The maximum atomic E-state index is 6.09. The van der Waals surface area contributed by atoms with E-state index in [1.807, 2.05) is 12.0 Å². The van der Waals surface area contributed by atoms with Gasteiger partial charge in [0.25, 0.3) is 0 Å². The van der Waals surface area contributed by atoms with E-state index in [9.17, 15) is 0 Å². The summed E-state index contributed by atoms with van der Waals surface area (Å²) in [5.74, 6) is 3.76. The van der Waals surface area contributed by atoms with Crippen molar-refractivity contribution >= 4 is 13.2 Å². The van der Waals surface area contributed by atoms with E-state index >= 15 is 0 Å². The van der Waals surface area contributed by atoms with Gasteiger partial charge >= 0.3 is 20.4 Å². The SMILES string of the molecule is COc1cccc(OC)c1-c1ccccc1P(C1CCCCC1)C1CCCCC1.[C-]#C[C]C.[Cl-].[Pd+2]. The van der Waals surface area contributed by atoms with Gasteiger partial charge in [0.1, 0.15) is 11.5 Å². The molecule has 0 saturated heterocycles. The van der Waals surface area contributed by atoms with Gasteiger partial charge in [-0.15, -0.1) is 0 Å². The first-order chi connectivity index (χ1) is 16.2. The molecule has 0 atom stereocenters. The van der Waals surface area contributed by atoms with E-state index in [0.29, 0.717) is 0 Å². The molecule has 2 saturated carbocycles. The second-order valence-corrected chi connectivity index (χ2v) is 11.7. The molecule has 5 heteroatoms. The zero-order valence-electron chi connectivity index (χ0n) is 21.2. The molecule has 192 valence electrons. The molecule has 2 aliphatic rings. The summed E-state index contributed by atoms with van der Waals surface area (Å²) in [7, 11) is 3.36. The Bertz CT molecular complexity index is 861. The van der Waals surface area contributed by atoms with Crippen molar-refractivity contribution in [3.05, 3.63) is 55.3 Å². The monoisotopic (exact) mass is 602 g/mol. The first-order valence-corrected chi connectivity index (χ1v) is 13.9. The van der Waals surface area contributed by atoms with Gasteiger partial charge in [-0.25, -0.2) is 0 Å². The minimum atomic E-state index is -0.182. The Labute approximate surface area is 235 Å². The first-order valence-electron chi connectivity index (χ1n) is 12.4. The summed E-state index contributed by atoms with van der Waals surface area (Å²) < 4.78 is 11.6. The van der Waals surface area contributed by atoms with Crippen LogP contribution in [0.25, 0.3) is 11.1 Å². The first kappa shape index (κ1) is 32.0. The Hall–Kier alpha value is -1.02. The summed E-state index contributed by atoms with van der Waals surface area (Å²) in [6.45, 7) is 1.63. The summed E-state index contributed by atoms with van der Waals surface area (Å²) in [5, 5.41) is 1.59. The quantitative estimate of drug-likeness (QED) is 0.204. The van der Waals surface area contributed by atoms with Crippen molar-refractivity contribution in [1.29, 1.82) is 0 Å². The second-order valence-electron chi connectivity index (χ2n) is 8.92. The molecule has 0 spiro atoms. The van der Waals surface area contributed by atoms with Gasteiger partial charge in [-0.3, -0.25) is 0 Å². The van der Waals surface area contributed by atoms with Crippen LogP contribution in [0.4, 0.5) is 0 Å². The topological polar surface area (TPSA) is 18.5 Å². The average Bonchev–Trinajstić information content (AvgIpc) is 2.90. The number of ether oxygens (including phenoxy) is 2. The van der Waals surface area contributed by atoms with Gasteiger partial charge < -0.3 is 34.2 Å². The molecule has 2 aromatic carbocycles. The predicted molar refractivity (Wildman–Crippen MR) is 141 cm³/mol. The van der Waals surface area contributed by atoms with Crippen LogP contribution in [0.15, 0.2) is 42.5 Å². The molecule has 35 heavy (non-hydrogen) atoms. The Morgan fingerprint density at radius 2 is 1.23 bits per heavy atom. The molecule has 0 N–H and O–H groups in total. The molecule has 2 radical (unpaired) electrons. The predicted octanol–water partition coefficient (Wildman–Crippen LogP) is 4.82. The smallest absolute Gasteiger partial charge is 1.00 e. The average molecular weight is 603 g/mol. The molecule has 2 fully saturated rings. The normalized spacial score (nSPS) is 16.1. The fourth-order valence-corrected chi connectivity index (χ4v) is 9.39. The standard InChI is InChI=1S/C26H35O2P.C4H3.ClH.Pd/c1-27-23-17-11-18-24(28-2)26(23)22-16-9-10-19-25(22)29(20-12-5-3-6-13-20)21-14-7-4-8-15-21;1-3-4-2;;/h9-11,16-21H,3-8,12-15H2,1-2H3;1H3;1H;/q;-1;;+2/p-1. The summed E-state index contributed by atoms with van der Waals surface area (Å²) in [5.41, 5.74) is 4.23. The third-order valence-electron chi connectivity index (χ3n) is 6.94. The van der Waals surface area contributed by atoms with E-state index in [2.05, 4.69) is 42.8 Å². The van der Waals surface area contributed by atoms with Crippen LogP contribution in [0.1, 0.15) is 71.1 Å². The van der Waals surface area contributed by atoms with Crippen LogP contribution in [0, 0.1) is 18.8 Å². The van der Waals surface area contributed by atoms with E-state index < -0.39 is 0 Å². The maximum absolute atomic E-state index is 6.09. The van der Waals surface area contributed by atoms with E-state index in [1.165, 1.54) is 69.8 Å². The van der Waals surface area contributed by atoms with E-state index in [0.717, 1.165) is 28.4 Å². The van der Waals surface area contributed by atoms with Crippen molar-refractivity contribution in [3.8, 4) is 28.5 Å². The fraction of sp³-hybridized carbons (Fsp3) is 0.500. The van der Waals surface area contributed by atoms with Crippen LogP contribution in [0.5, 0.6) is 11.5 Å². The van der Waals surface area contributed by atoms with Crippen molar-refractivity contribution in [3.63, 3.8) is 0 Å². The van der Waals surface area contributed by atoms with Gasteiger partial charge in [0.2, 0.25) is 0 Å². The molecule has 2 aliphatic carbocycles. The Balaban J connectivity index is 0.000000950. The molecular formula is C30H38ClO2PPd. The van der Waals surface area contributed by atoms with Crippen LogP contribution in [0.3, 0.4) is 0 Å². The molecule has 2 aromatic rings. The van der Waals surface area contributed by atoms with E-state index in [4.69, 9.17) is 15.9 Å². The zero-order valence-corrected chi connectivity index (χ0v) is 24.4. The summed E-state index contributed by atoms with van der Waals surface area (Å²) in [6.07, 6.45) is 22.6. The van der Waals surface area contributed by atoms with Crippen molar-refractivity contribution in [2.75, 3.05) is 14.2 Å². The van der Waals surface area contributed by atoms with Crippen molar-refractivity contribution in [2.45, 2.75) is 82.4 Å². The summed E-state index contributed by atoms with van der Waals surface area (Å²) in [4.78, 5) is 0. The maximum Gasteiger partial charge on any atom is 2.00 e. The summed E-state index contributed by atoms with van der Waals surface area (Å²) in [6, 6.07) is 15.3. The number of hydrogen-bond donors (Lipinski definition) is 0. The van der Waals surface area contributed by atoms with E-state index in [-0.39, 0.29) is 40.8 Å². The van der Waals surface area contributed by atoms with Gasteiger partial charge in [-0.1, -0.05) is 76.8 Å². The van der Waals surface area contributed by atoms with Gasteiger partial charge in [-0.05, 0) is 66.9 Å². The molecule has 0 aromatic heterocycles. The van der Waals surface area contributed by atoms with Crippen LogP contribution in [-0.2, 0) is 20.4 Å². The third-order valence-corrected chi connectivity index (χ3v) is 10.5.